The first kappa shape index (κ1) is 18.1. The number of ether oxygens (including phenoxy) is 1. The van der Waals surface area contributed by atoms with Crippen LogP contribution >= 0.6 is 0 Å². The Hall–Kier alpha value is -3.74. The zero-order valence-electron chi connectivity index (χ0n) is 14.9. The predicted molar refractivity (Wildman–Crippen MR) is 103 cm³/mol. The van der Waals surface area contributed by atoms with Gasteiger partial charge in [-0.05, 0) is 55.5 Å². The van der Waals surface area contributed by atoms with Crippen LogP contribution in [0.1, 0.15) is 27.6 Å². The van der Waals surface area contributed by atoms with Crippen molar-refractivity contribution in [3.05, 3.63) is 71.9 Å². The van der Waals surface area contributed by atoms with Crippen LogP contribution in [0.5, 0.6) is 0 Å². The molecule has 0 amide bonds. The molecule has 2 N–H and O–H groups in total. The number of hydrogen-bond acceptors (Lipinski definition) is 7. The van der Waals surface area contributed by atoms with Crippen molar-refractivity contribution in [2.75, 3.05) is 17.7 Å². The van der Waals surface area contributed by atoms with Crippen molar-refractivity contribution in [3.8, 4) is 0 Å². The average molecular weight is 362 g/mol. The number of hydrogen-bond donors (Lipinski definition) is 2. The molecule has 3 aromatic rings. The maximum atomic E-state index is 11.6. The molecule has 0 saturated carbocycles. The summed E-state index contributed by atoms with van der Waals surface area (Å²) in [5.41, 5.74) is 2.56. The summed E-state index contributed by atoms with van der Waals surface area (Å²) in [6.07, 6.45) is 1.62. The van der Waals surface area contributed by atoms with Crippen LogP contribution in [0.3, 0.4) is 0 Å². The normalized spacial score (nSPS) is 10.1. The molecule has 1 aromatic heterocycles. The summed E-state index contributed by atoms with van der Waals surface area (Å²) in [6.45, 7) is 1.52. The third-order valence-electron chi connectivity index (χ3n) is 3.76. The molecule has 0 unspecified atom stereocenters. The lowest BCUT2D eigenvalue weighted by atomic mass is 10.1. The van der Waals surface area contributed by atoms with Gasteiger partial charge in [0.25, 0.3) is 0 Å². The van der Waals surface area contributed by atoms with Gasteiger partial charge in [-0.15, -0.1) is 0 Å². The number of anilines is 4. The molecule has 3 rings (SSSR count). The maximum absolute atomic E-state index is 11.6. The monoisotopic (exact) mass is 362 g/mol. The number of esters is 1. The van der Waals surface area contributed by atoms with Crippen molar-refractivity contribution >= 4 is 34.9 Å². The lowest BCUT2D eigenvalue weighted by Gasteiger charge is -2.09. The maximum Gasteiger partial charge on any atom is 0.337 e. The molecular formula is C20H18N4O3. The molecule has 7 heteroatoms. The van der Waals surface area contributed by atoms with Gasteiger partial charge < -0.3 is 15.4 Å². The number of carbonyl (C=O) groups is 2. The SMILES string of the molecule is COC(=O)c1cccc(Nc2ccnc(Nc3ccc(C(C)=O)cc3)n2)c1. The van der Waals surface area contributed by atoms with Crippen LogP contribution in [-0.2, 0) is 4.74 Å². The lowest BCUT2D eigenvalue weighted by Crippen LogP contribution is -2.03. The van der Waals surface area contributed by atoms with E-state index in [9.17, 15) is 9.59 Å². The number of nitrogens with one attached hydrogen (secondary N) is 2. The van der Waals surface area contributed by atoms with Gasteiger partial charge in [-0.3, -0.25) is 4.79 Å². The van der Waals surface area contributed by atoms with Gasteiger partial charge in [0.1, 0.15) is 5.82 Å². The number of rotatable bonds is 6. The minimum absolute atomic E-state index is 0.0122. The molecule has 0 aliphatic rings. The number of Topliss-reactive ketones (excluding diaryl/α,β-unsaturated/α-hetero) is 1. The van der Waals surface area contributed by atoms with Crippen molar-refractivity contribution in [2.24, 2.45) is 0 Å². The van der Waals surface area contributed by atoms with Gasteiger partial charge in [0.05, 0.1) is 12.7 Å². The minimum Gasteiger partial charge on any atom is -0.465 e. The number of aromatic nitrogens is 2. The van der Waals surface area contributed by atoms with Crippen molar-refractivity contribution < 1.29 is 14.3 Å². The molecule has 0 fully saturated rings. The van der Waals surface area contributed by atoms with Crippen LogP contribution in [0.4, 0.5) is 23.1 Å². The Morgan fingerprint density at radius 2 is 1.70 bits per heavy atom. The Labute approximate surface area is 156 Å². The van der Waals surface area contributed by atoms with Gasteiger partial charge in [-0.25, -0.2) is 9.78 Å². The van der Waals surface area contributed by atoms with Gasteiger partial charge in [0, 0.05) is 23.1 Å². The van der Waals surface area contributed by atoms with E-state index in [-0.39, 0.29) is 5.78 Å². The highest BCUT2D eigenvalue weighted by Crippen LogP contribution is 2.19. The largest absolute Gasteiger partial charge is 0.465 e. The zero-order chi connectivity index (χ0) is 19.2. The Morgan fingerprint density at radius 3 is 2.41 bits per heavy atom. The van der Waals surface area contributed by atoms with E-state index in [4.69, 9.17) is 4.74 Å². The van der Waals surface area contributed by atoms with E-state index in [1.165, 1.54) is 14.0 Å². The molecule has 136 valence electrons. The van der Waals surface area contributed by atoms with Gasteiger partial charge in [0.2, 0.25) is 5.95 Å². The van der Waals surface area contributed by atoms with Crippen molar-refractivity contribution in [1.82, 2.24) is 9.97 Å². The summed E-state index contributed by atoms with van der Waals surface area (Å²) in [7, 11) is 1.34. The van der Waals surface area contributed by atoms with E-state index in [0.29, 0.717) is 28.6 Å². The minimum atomic E-state index is -0.405. The number of methoxy groups -OCH3 is 1. The summed E-state index contributed by atoms with van der Waals surface area (Å²) < 4.78 is 4.73. The summed E-state index contributed by atoms with van der Waals surface area (Å²) in [5, 5.41) is 6.22. The van der Waals surface area contributed by atoms with Crippen LogP contribution in [0, 0.1) is 0 Å². The third kappa shape index (κ3) is 4.66. The van der Waals surface area contributed by atoms with Gasteiger partial charge in [0.15, 0.2) is 5.78 Å². The van der Waals surface area contributed by atoms with E-state index in [1.54, 1.807) is 54.7 Å². The highest BCUT2D eigenvalue weighted by molar-refractivity contribution is 5.94. The molecule has 0 radical (unpaired) electrons. The van der Waals surface area contributed by atoms with Gasteiger partial charge >= 0.3 is 5.97 Å². The van der Waals surface area contributed by atoms with Gasteiger partial charge in [-0.1, -0.05) is 6.07 Å². The second-order valence-corrected chi connectivity index (χ2v) is 5.72. The van der Waals surface area contributed by atoms with E-state index in [2.05, 4.69) is 20.6 Å². The molecule has 0 spiro atoms. The first-order valence-electron chi connectivity index (χ1n) is 8.21. The molecule has 0 atom stereocenters. The molecule has 7 nitrogen and oxygen atoms in total. The fraction of sp³-hybridized carbons (Fsp3) is 0.100. The standard InChI is InChI=1S/C20H18N4O3/c1-13(25)14-6-8-16(9-7-14)23-20-21-11-10-18(24-20)22-17-5-3-4-15(12-17)19(26)27-2/h3-12H,1-2H3,(H2,21,22,23,24). The van der Waals surface area contributed by atoms with Crippen LogP contribution in [0.15, 0.2) is 60.8 Å². The number of ketones is 1. The molecule has 27 heavy (non-hydrogen) atoms. The first-order chi connectivity index (χ1) is 13.0. The Balaban J connectivity index is 1.74. The van der Waals surface area contributed by atoms with E-state index < -0.39 is 5.97 Å². The van der Waals surface area contributed by atoms with E-state index in [1.807, 2.05) is 6.07 Å². The van der Waals surface area contributed by atoms with Crippen LogP contribution in [-0.4, -0.2) is 28.8 Å². The molecule has 0 aliphatic carbocycles. The summed E-state index contributed by atoms with van der Waals surface area (Å²) in [5.74, 6) is 0.574. The van der Waals surface area contributed by atoms with E-state index >= 15 is 0 Å². The average Bonchev–Trinajstić information content (AvgIpc) is 2.68. The molecule has 0 bridgehead atoms. The molecule has 0 aliphatic heterocycles. The highest BCUT2D eigenvalue weighted by atomic mass is 16.5. The smallest absolute Gasteiger partial charge is 0.337 e. The van der Waals surface area contributed by atoms with Crippen molar-refractivity contribution in [3.63, 3.8) is 0 Å². The fourth-order valence-corrected chi connectivity index (χ4v) is 2.40. The zero-order valence-corrected chi connectivity index (χ0v) is 14.9. The Kier molecular flexibility index (Phi) is 5.41. The first-order valence-corrected chi connectivity index (χ1v) is 8.21. The molecule has 1 heterocycles. The van der Waals surface area contributed by atoms with Crippen LogP contribution in [0.2, 0.25) is 0 Å². The topological polar surface area (TPSA) is 93.2 Å². The molecule has 2 aromatic carbocycles. The number of carbonyl (C=O) groups excluding carboxylic acids is 2. The summed E-state index contributed by atoms with van der Waals surface area (Å²) in [4.78, 5) is 31.6. The lowest BCUT2D eigenvalue weighted by molar-refractivity contribution is 0.0600. The number of benzene rings is 2. The third-order valence-corrected chi connectivity index (χ3v) is 3.76. The van der Waals surface area contributed by atoms with Gasteiger partial charge in [-0.2, -0.15) is 4.98 Å². The Morgan fingerprint density at radius 1 is 0.926 bits per heavy atom. The summed E-state index contributed by atoms with van der Waals surface area (Å²) in [6, 6.07) is 15.7. The highest BCUT2D eigenvalue weighted by Gasteiger charge is 2.07. The molecule has 0 saturated heterocycles. The fourth-order valence-electron chi connectivity index (χ4n) is 2.40. The van der Waals surface area contributed by atoms with Crippen molar-refractivity contribution in [2.45, 2.75) is 6.92 Å². The Bertz CT molecular complexity index is 971. The van der Waals surface area contributed by atoms with Crippen molar-refractivity contribution in [1.29, 1.82) is 0 Å². The van der Waals surface area contributed by atoms with Crippen LogP contribution < -0.4 is 10.6 Å². The second-order valence-electron chi connectivity index (χ2n) is 5.72. The van der Waals surface area contributed by atoms with Crippen LogP contribution in [0.25, 0.3) is 0 Å². The molecular weight excluding hydrogens is 344 g/mol. The number of nitrogens with zero attached hydrogens (tertiary/aromatic N) is 2. The van der Waals surface area contributed by atoms with E-state index in [0.717, 1.165) is 5.69 Å². The predicted octanol–water partition coefficient (Wildman–Crippen LogP) is 3.95. The summed E-state index contributed by atoms with van der Waals surface area (Å²) >= 11 is 0. The second kappa shape index (κ2) is 8.09. The quantitative estimate of drug-likeness (QED) is 0.506.